The number of hydrogen-bond donors (Lipinski definition) is 1. The summed E-state index contributed by atoms with van der Waals surface area (Å²) < 4.78 is 0. The summed E-state index contributed by atoms with van der Waals surface area (Å²) in [6, 6.07) is 4.02. The van der Waals surface area contributed by atoms with Crippen molar-refractivity contribution >= 4 is 23.1 Å². The number of rotatable bonds is 4. The van der Waals surface area contributed by atoms with Crippen LogP contribution in [0, 0.1) is 6.92 Å². The zero-order chi connectivity index (χ0) is 12.3. The summed E-state index contributed by atoms with van der Waals surface area (Å²) >= 11 is 3.38. The maximum atomic E-state index is 6.07. The molecule has 2 unspecified atom stereocenters. The van der Waals surface area contributed by atoms with E-state index in [1.165, 1.54) is 10.4 Å². The van der Waals surface area contributed by atoms with E-state index >= 15 is 0 Å². The van der Waals surface area contributed by atoms with Crippen molar-refractivity contribution in [3.63, 3.8) is 0 Å². The second kappa shape index (κ2) is 5.62. The van der Waals surface area contributed by atoms with Crippen LogP contribution in [-0.4, -0.2) is 16.0 Å². The van der Waals surface area contributed by atoms with Crippen LogP contribution in [0.5, 0.6) is 0 Å². The number of aromatic nitrogens is 2. The van der Waals surface area contributed by atoms with Crippen LogP contribution in [0.25, 0.3) is 0 Å². The van der Waals surface area contributed by atoms with Crippen LogP contribution in [-0.2, 0) is 0 Å². The van der Waals surface area contributed by atoms with Crippen molar-refractivity contribution in [1.29, 1.82) is 0 Å². The largest absolute Gasteiger partial charge is 0.327 e. The highest BCUT2D eigenvalue weighted by molar-refractivity contribution is 7.99. The lowest BCUT2D eigenvalue weighted by Crippen LogP contribution is -2.22. The van der Waals surface area contributed by atoms with E-state index in [0.717, 1.165) is 5.16 Å². The molecule has 0 spiro atoms. The molecule has 0 fully saturated rings. The molecule has 0 aliphatic heterocycles. The molecule has 0 aliphatic rings. The fourth-order valence-electron chi connectivity index (χ4n) is 1.54. The van der Waals surface area contributed by atoms with E-state index in [-0.39, 0.29) is 11.3 Å². The predicted octanol–water partition coefficient (Wildman–Crippen LogP) is 3.03. The van der Waals surface area contributed by atoms with Gasteiger partial charge in [-0.25, -0.2) is 9.97 Å². The van der Waals surface area contributed by atoms with Crippen molar-refractivity contribution < 1.29 is 0 Å². The van der Waals surface area contributed by atoms with Gasteiger partial charge >= 0.3 is 0 Å². The second-order valence-electron chi connectivity index (χ2n) is 3.90. The summed E-state index contributed by atoms with van der Waals surface area (Å²) in [6.07, 6.45) is 3.52. The van der Waals surface area contributed by atoms with Gasteiger partial charge in [-0.05, 0) is 36.9 Å². The van der Waals surface area contributed by atoms with Crippen LogP contribution in [0.15, 0.2) is 35.1 Å². The average molecular weight is 265 g/mol. The van der Waals surface area contributed by atoms with E-state index in [1.54, 1.807) is 35.5 Å². The molecule has 17 heavy (non-hydrogen) atoms. The van der Waals surface area contributed by atoms with Gasteiger partial charge in [0.1, 0.15) is 0 Å². The number of nitrogens with two attached hydrogens (primary N) is 1. The molecule has 2 rings (SSSR count). The molecule has 0 saturated heterocycles. The number of thioether (sulfide) groups is 1. The molecule has 3 nitrogen and oxygen atoms in total. The molecule has 5 heteroatoms. The molecule has 2 aromatic rings. The summed E-state index contributed by atoms with van der Waals surface area (Å²) in [5.41, 5.74) is 7.37. The standard InChI is InChI=1S/C12H15N3S2/c1-8-4-7-16-10(8)11(9(2)13)17-12-14-5-3-6-15-12/h3-7,9,11H,13H2,1-2H3. The second-order valence-corrected chi connectivity index (χ2v) is 5.95. The highest BCUT2D eigenvalue weighted by Crippen LogP contribution is 2.39. The van der Waals surface area contributed by atoms with Gasteiger partial charge in [-0.1, -0.05) is 11.8 Å². The Hall–Kier alpha value is -0.910. The SMILES string of the molecule is Cc1ccsc1C(Sc1ncccn1)C(C)N. The molecule has 0 aliphatic carbocycles. The Labute approximate surface area is 109 Å². The van der Waals surface area contributed by atoms with E-state index in [4.69, 9.17) is 5.73 Å². The van der Waals surface area contributed by atoms with Crippen molar-refractivity contribution in [3.05, 3.63) is 40.3 Å². The molecule has 2 atom stereocenters. The lowest BCUT2D eigenvalue weighted by molar-refractivity contribution is 0.723. The van der Waals surface area contributed by atoms with Gasteiger partial charge < -0.3 is 5.73 Å². The summed E-state index contributed by atoms with van der Waals surface area (Å²) in [5, 5.41) is 3.10. The minimum Gasteiger partial charge on any atom is -0.327 e. The van der Waals surface area contributed by atoms with Crippen LogP contribution in [0.4, 0.5) is 0 Å². The van der Waals surface area contributed by atoms with Gasteiger partial charge in [0.2, 0.25) is 0 Å². The molecule has 0 amide bonds. The minimum absolute atomic E-state index is 0.0705. The zero-order valence-corrected chi connectivity index (χ0v) is 11.5. The van der Waals surface area contributed by atoms with E-state index < -0.39 is 0 Å². The van der Waals surface area contributed by atoms with Gasteiger partial charge in [0, 0.05) is 23.3 Å². The van der Waals surface area contributed by atoms with Gasteiger partial charge in [-0.3, -0.25) is 0 Å². The first kappa shape index (κ1) is 12.5. The average Bonchev–Trinajstić information content (AvgIpc) is 2.73. The third-order valence-electron chi connectivity index (χ3n) is 2.41. The van der Waals surface area contributed by atoms with Gasteiger partial charge in [0.15, 0.2) is 5.16 Å². The van der Waals surface area contributed by atoms with Crippen molar-refractivity contribution in [1.82, 2.24) is 9.97 Å². The fraction of sp³-hybridized carbons (Fsp3) is 0.333. The summed E-state index contributed by atoms with van der Waals surface area (Å²) in [4.78, 5) is 9.80. The zero-order valence-electron chi connectivity index (χ0n) is 9.83. The minimum atomic E-state index is 0.0705. The van der Waals surface area contributed by atoms with E-state index in [2.05, 4.69) is 28.3 Å². The topological polar surface area (TPSA) is 51.8 Å². The van der Waals surface area contributed by atoms with E-state index in [0.29, 0.717) is 0 Å². The Balaban J connectivity index is 2.23. The van der Waals surface area contributed by atoms with Crippen LogP contribution in [0.2, 0.25) is 0 Å². The van der Waals surface area contributed by atoms with Crippen LogP contribution in [0.1, 0.15) is 22.6 Å². The van der Waals surface area contributed by atoms with Crippen molar-refractivity contribution in [3.8, 4) is 0 Å². The number of aryl methyl sites for hydroxylation is 1. The highest BCUT2D eigenvalue weighted by Gasteiger charge is 2.21. The Morgan fingerprint density at radius 2 is 2.06 bits per heavy atom. The molecule has 0 aromatic carbocycles. The predicted molar refractivity (Wildman–Crippen MR) is 73.3 cm³/mol. The van der Waals surface area contributed by atoms with Gasteiger partial charge in [0.25, 0.3) is 0 Å². The first-order chi connectivity index (χ1) is 8.18. The highest BCUT2D eigenvalue weighted by atomic mass is 32.2. The molecule has 0 bridgehead atoms. The maximum Gasteiger partial charge on any atom is 0.188 e. The molecular formula is C12H15N3S2. The normalized spacial score (nSPS) is 14.5. The Morgan fingerprint density at radius 3 is 2.59 bits per heavy atom. The Bertz CT molecular complexity index is 468. The third kappa shape index (κ3) is 3.06. The third-order valence-corrected chi connectivity index (χ3v) is 5.00. The molecule has 2 heterocycles. The quantitative estimate of drug-likeness (QED) is 0.682. The Kier molecular flexibility index (Phi) is 4.15. The lowest BCUT2D eigenvalue weighted by atomic mass is 10.1. The molecular weight excluding hydrogens is 250 g/mol. The number of thiophene rings is 1. The summed E-state index contributed by atoms with van der Waals surface area (Å²) in [5.74, 6) is 0. The monoisotopic (exact) mass is 265 g/mol. The number of hydrogen-bond acceptors (Lipinski definition) is 5. The fourth-order valence-corrected chi connectivity index (χ4v) is 3.85. The maximum absolute atomic E-state index is 6.07. The molecule has 2 aromatic heterocycles. The van der Waals surface area contributed by atoms with E-state index in [9.17, 15) is 0 Å². The van der Waals surface area contributed by atoms with E-state index in [1.807, 2.05) is 13.0 Å². The first-order valence-corrected chi connectivity index (χ1v) is 7.17. The summed E-state index contributed by atoms with van der Waals surface area (Å²) in [7, 11) is 0. The van der Waals surface area contributed by atoms with Crippen LogP contribution >= 0.6 is 23.1 Å². The smallest absolute Gasteiger partial charge is 0.188 e. The molecule has 2 N–H and O–H groups in total. The number of nitrogens with zero attached hydrogens (tertiary/aromatic N) is 2. The molecule has 0 saturated carbocycles. The molecule has 90 valence electrons. The first-order valence-electron chi connectivity index (χ1n) is 5.41. The van der Waals surface area contributed by atoms with Gasteiger partial charge in [0.05, 0.1) is 5.25 Å². The lowest BCUT2D eigenvalue weighted by Gasteiger charge is -2.18. The van der Waals surface area contributed by atoms with Crippen molar-refractivity contribution in [2.45, 2.75) is 30.3 Å². The summed E-state index contributed by atoms with van der Waals surface area (Å²) in [6.45, 7) is 4.15. The van der Waals surface area contributed by atoms with Crippen LogP contribution < -0.4 is 5.73 Å². The van der Waals surface area contributed by atoms with Crippen molar-refractivity contribution in [2.24, 2.45) is 5.73 Å². The van der Waals surface area contributed by atoms with Gasteiger partial charge in [-0.15, -0.1) is 11.3 Å². The van der Waals surface area contributed by atoms with Crippen molar-refractivity contribution in [2.75, 3.05) is 0 Å². The molecule has 0 radical (unpaired) electrons. The van der Waals surface area contributed by atoms with Crippen LogP contribution in [0.3, 0.4) is 0 Å². The van der Waals surface area contributed by atoms with Gasteiger partial charge in [-0.2, -0.15) is 0 Å². The Morgan fingerprint density at radius 1 is 1.35 bits per heavy atom.